The minimum Gasteiger partial charge on any atom is -0.399 e. The summed E-state index contributed by atoms with van der Waals surface area (Å²) in [7, 11) is -0.882. The van der Waals surface area contributed by atoms with Crippen LogP contribution in [0.5, 0.6) is 0 Å². The van der Waals surface area contributed by atoms with Crippen molar-refractivity contribution in [2.75, 3.05) is 0 Å². The highest BCUT2D eigenvalue weighted by Gasteiger charge is 2.52. The molecule has 1 saturated heterocycles. The Morgan fingerprint density at radius 1 is 1.29 bits per heavy atom. The maximum absolute atomic E-state index is 13.8. The fourth-order valence-electron chi connectivity index (χ4n) is 2.09. The molecule has 1 aromatic rings. The van der Waals surface area contributed by atoms with Gasteiger partial charge in [0.05, 0.1) is 22.7 Å². The SMILES string of the molecule is CC1(C)OB(c2cc(F)c([N+](=O)[O-])cc2CO)OC1(C)C. The predicted molar refractivity (Wildman–Crippen MR) is 74.7 cm³/mol. The third-order valence-electron chi connectivity index (χ3n) is 4.08. The van der Waals surface area contributed by atoms with Gasteiger partial charge < -0.3 is 14.4 Å². The summed E-state index contributed by atoms with van der Waals surface area (Å²) < 4.78 is 25.4. The van der Waals surface area contributed by atoms with Gasteiger partial charge >= 0.3 is 12.8 Å². The van der Waals surface area contributed by atoms with Gasteiger partial charge in [0.1, 0.15) is 0 Å². The molecule has 0 spiro atoms. The number of nitro groups is 1. The van der Waals surface area contributed by atoms with Crippen LogP contribution in [0.1, 0.15) is 33.3 Å². The molecule has 1 fully saturated rings. The second kappa shape index (κ2) is 5.05. The average molecular weight is 297 g/mol. The molecule has 0 amide bonds. The van der Waals surface area contributed by atoms with Gasteiger partial charge in [-0.3, -0.25) is 10.1 Å². The number of rotatable bonds is 3. The normalized spacial score (nSPS) is 19.8. The largest absolute Gasteiger partial charge is 0.495 e. The molecular weight excluding hydrogens is 280 g/mol. The summed E-state index contributed by atoms with van der Waals surface area (Å²) in [6, 6.07) is 2.00. The number of aliphatic hydroxyl groups is 1. The minimum absolute atomic E-state index is 0.210. The first-order valence-electron chi connectivity index (χ1n) is 6.52. The lowest BCUT2D eigenvalue weighted by Gasteiger charge is -2.32. The molecule has 114 valence electrons. The molecule has 0 aliphatic carbocycles. The molecule has 2 rings (SSSR count). The van der Waals surface area contributed by atoms with Crippen molar-refractivity contribution in [2.45, 2.75) is 45.5 Å². The van der Waals surface area contributed by atoms with Gasteiger partial charge in [-0.2, -0.15) is 4.39 Å². The molecule has 0 aromatic heterocycles. The van der Waals surface area contributed by atoms with Crippen molar-refractivity contribution < 1.29 is 23.7 Å². The molecule has 6 nitrogen and oxygen atoms in total. The van der Waals surface area contributed by atoms with Crippen LogP contribution in [0.2, 0.25) is 0 Å². The van der Waals surface area contributed by atoms with Crippen LogP contribution in [-0.4, -0.2) is 28.4 Å². The van der Waals surface area contributed by atoms with Gasteiger partial charge in [-0.25, -0.2) is 0 Å². The summed E-state index contributed by atoms with van der Waals surface area (Å²) in [6.07, 6.45) is 0. The Morgan fingerprint density at radius 2 is 1.81 bits per heavy atom. The summed E-state index contributed by atoms with van der Waals surface area (Å²) in [5.41, 5.74) is -1.45. The van der Waals surface area contributed by atoms with E-state index < -0.39 is 41.4 Å². The first kappa shape index (κ1) is 15.9. The van der Waals surface area contributed by atoms with Crippen molar-refractivity contribution >= 4 is 18.3 Å². The van der Waals surface area contributed by atoms with Crippen molar-refractivity contribution in [3.8, 4) is 0 Å². The van der Waals surface area contributed by atoms with Crippen LogP contribution in [0, 0.1) is 15.9 Å². The minimum atomic E-state index is -0.984. The third-order valence-corrected chi connectivity index (χ3v) is 4.08. The van der Waals surface area contributed by atoms with Gasteiger partial charge in [0, 0.05) is 6.07 Å². The first-order valence-corrected chi connectivity index (χ1v) is 6.52. The fourth-order valence-corrected chi connectivity index (χ4v) is 2.09. The lowest BCUT2D eigenvalue weighted by atomic mass is 9.75. The summed E-state index contributed by atoms with van der Waals surface area (Å²) >= 11 is 0. The van der Waals surface area contributed by atoms with Crippen molar-refractivity contribution in [3.63, 3.8) is 0 Å². The van der Waals surface area contributed by atoms with Crippen LogP contribution in [0.25, 0.3) is 0 Å². The molecule has 1 heterocycles. The standard InChI is InChI=1S/C13H17BFNO5/c1-12(2)13(3,4)21-14(20-12)9-6-10(15)11(16(18)19)5-8(9)7-17/h5-6,17H,7H2,1-4H3. The number of benzene rings is 1. The van der Waals surface area contributed by atoms with E-state index in [9.17, 15) is 19.6 Å². The molecule has 1 N–H and O–H groups in total. The Hall–Kier alpha value is -1.51. The molecule has 0 atom stereocenters. The van der Waals surface area contributed by atoms with E-state index in [1.807, 2.05) is 27.7 Å². The van der Waals surface area contributed by atoms with E-state index in [0.717, 1.165) is 12.1 Å². The highest BCUT2D eigenvalue weighted by molar-refractivity contribution is 6.62. The zero-order chi connectivity index (χ0) is 16.0. The summed E-state index contributed by atoms with van der Waals surface area (Å²) in [5, 5.41) is 20.1. The number of hydrogen-bond donors (Lipinski definition) is 1. The second-order valence-corrected chi connectivity index (χ2v) is 6.01. The number of halogens is 1. The first-order chi connectivity index (χ1) is 9.59. The number of nitro benzene ring substituents is 1. The van der Waals surface area contributed by atoms with E-state index in [1.165, 1.54) is 0 Å². The molecule has 0 unspecified atom stereocenters. The topological polar surface area (TPSA) is 81.8 Å². The molecule has 21 heavy (non-hydrogen) atoms. The van der Waals surface area contributed by atoms with Crippen LogP contribution in [0.4, 0.5) is 10.1 Å². The molecular formula is C13H17BFNO5. The van der Waals surface area contributed by atoms with E-state index in [-0.39, 0.29) is 11.0 Å². The lowest BCUT2D eigenvalue weighted by molar-refractivity contribution is -0.387. The molecule has 1 aliphatic heterocycles. The maximum Gasteiger partial charge on any atom is 0.495 e. The van der Waals surface area contributed by atoms with Gasteiger partial charge in [0.2, 0.25) is 0 Å². The Labute approximate surface area is 122 Å². The van der Waals surface area contributed by atoms with Gasteiger partial charge in [0.15, 0.2) is 5.82 Å². The average Bonchev–Trinajstić information content (AvgIpc) is 2.57. The van der Waals surface area contributed by atoms with Crippen LogP contribution in [0.15, 0.2) is 12.1 Å². The van der Waals surface area contributed by atoms with Crippen LogP contribution >= 0.6 is 0 Å². The number of nitrogens with zero attached hydrogens (tertiary/aromatic N) is 1. The Bertz CT molecular complexity index is 574. The van der Waals surface area contributed by atoms with E-state index in [0.29, 0.717) is 0 Å². The second-order valence-electron chi connectivity index (χ2n) is 6.01. The molecule has 0 saturated carbocycles. The monoisotopic (exact) mass is 297 g/mol. The smallest absolute Gasteiger partial charge is 0.399 e. The Kier molecular flexibility index (Phi) is 3.81. The van der Waals surface area contributed by atoms with Crippen molar-refractivity contribution in [1.29, 1.82) is 0 Å². The van der Waals surface area contributed by atoms with Gasteiger partial charge in [-0.15, -0.1) is 0 Å². The molecule has 1 aromatic carbocycles. The van der Waals surface area contributed by atoms with E-state index in [2.05, 4.69) is 0 Å². The van der Waals surface area contributed by atoms with Crippen LogP contribution in [-0.2, 0) is 15.9 Å². The van der Waals surface area contributed by atoms with Crippen LogP contribution in [0.3, 0.4) is 0 Å². The Balaban J connectivity index is 2.46. The number of hydrogen-bond acceptors (Lipinski definition) is 5. The summed E-state index contributed by atoms with van der Waals surface area (Å²) in [5.74, 6) is -0.984. The molecule has 8 heteroatoms. The number of aliphatic hydroxyl groups excluding tert-OH is 1. The molecule has 0 bridgehead atoms. The maximum atomic E-state index is 13.8. The zero-order valence-corrected chi connectivity index (χ0v) is 12.3. The van der Waals surface area contributed by atoms with E-state index in [4.69, 9.17) is 9.31 Å². The quantitative estimate of drug-likeness (QED) is 0.520. The van der Waals surface area contributed by atoms with Crippen molar-refractivity contribution in [3.05, 3.63) is 33.6 Å². The van der Waals surface area contributed by atoms with Gasteiger partial charge in [-0.05, 0) is 44.8 Å². The van der Waals surface area contributed by atoms with Gasteiger partial charge in [0.25, 0.3) is 0 Å². The predicted octanol–water partition coefficient (Wildman–Crippen LogP) is 1.53. The van der Waals surface area contributed by atoms with Crippen molar-refractivity contribution in [1.82, 2.24) is 0 Å². The van der Waals surface area contributed by atoms with Crippen molar-refractivity contribution in [2.24, 2.45) is 0 Å². The fraction of sp³-hybridized carbons (Fsp3) is 0.538. The van der Waals surface area contributed by atoms with Gasteiger partial charge in [-0.1, -0.05) is 0 Å². The third kappa shape index (κ3) is 2.66. The Morgan fingerprint density at radius 3 is 2.24 bits per heavy atom. The lowest BCUT2D eigenvalue weighted by Crippen LogP contribution is -2.41. The summed E-state index contributed by atoms with van der Waals surface area (Å²) in [4.78, 5) is 9.92. The summed E-state index contributed by atoms with van der Waals surface area (Å²) in [6.45, 7) is 6.89. The van der Waals surface area contributed by atoms with E-state index in [1.54, 1.807) is 0 Å². The van der Waals surface area contributed by atoms with Crippen LogP contribution < -0.4 is 5.46 Å². The zero-order valence-electron chi connectivity index (χ0n) is 12.3. The molecule has 0 radical (unpaired) electrons. The highest BCUT2D eigenvalue weighted by atomic mass is 19.1. The van der Waals surface area contributed by atoms with E-state index >= 15 is 0 Å². The molecule has 1 aliphatic rings. The highest BCUT2D eigenvalue weighted by Crippen LogP contribution is 2.37.